The summed E-state index contributed by atoms with van der Waals surface area (Å²) in [5.41, 5.74) is 4.53. The first kappa shape index (κ1) is 21.6. The summed E-state index contributed by atoms with van der Waals surface area (Å²) < 4.78 is 11.1. The van der Waals surface area contributed by atoms with E-state index in [9.17, 15) is 14.9 Å². The van der Waals surface area contributed by atoms with Crippen molar-refractivity contribution in [1.82, 2.24) is 4.98 Å². The molecule has 9 heteroatoms. The molecule has 1 saturated heterocycles. The van der Waals surface area contributed by atoms with Crippen LogP contribution in [0.4, 0.5) is 17.1 Å². The Morgan fingerprint density at radius 2 is 1.82 bits per heavy atom. The number of amides is 1. The predicted octanol–water partition coefficient (Wildman–Crippen LogP) is 4.80. The highest BCUT2D eigenvalue weighted by atomic mass is 16.6. The van der Waals surface area contributed by atoms with Crippen LogP contribution >= 0.6 is 0 Å². The van der Waals surface area contributed by atoms with Gasteiger partial charge in [0, 0.05) is 36.0 Å². The van der Waals surface area contributed by atoms with E-state index in [4.69, 9.17) is 9.15 Å². The van der Waals surface area contributed by atoms with E-state index in [1.54, 1.807) is 36.4 Å². The zero-order valence-corrected chi connectivity index (χ0v) is 18.5. The normalized spacial score (nSPS) is 13.7. The molecule has 5 rings (SSSR count). The number of aromatic nitrogens is 1. The Kier molecular flexibility index (Phi) is 5.69. The Hall–Kier alpha value is -4.24. The molecule has 0 saturated carbocycles. The van der Waals surface area contributed by atoms with E-state index in [1.807, 2.05) is 30.0 Å². The molecule has 0 spiro atoms. The number of hydrogen-bond donors (Lipinski definition) is 1. The second kappa shape index (κ2) is 8.95. The molecule has 2 heterocycles. The predicted molar refractivity (Wildman–Crippen MR) is 128 cm³/mol. The number of benzene rings is 3. The van der Waals surface area contributed by atoms with E-state index in [-0.39, 0.29) is 11.3 Å². The molecule has 3 aromatic carbocycles. The van der Waals surface area contributed by atoms with Crippen LogP contribution in [0.3, 0.4) is 0 Å². The number of carbonyl (C=O) groups excluding carboxylic acids is 1. The van der Waals surface area contributed by atoms with Gasteiger partial charge in [-0.3, -0.25) is 14.9 Å². The average molecular weight is 458 g/mol. The van der Waals surface area contributed by atoms with Gasteiger partial charge in [0.2, 0.25) is 5.89 Å². The Labute approximate surface area is 195 Å². The van der Waals surface area contributed by atoms with E-state index in [1.165, 1.54) is 6.07 Å². The number of nitrogens with one attached hydrogen (secondary N) is 1. The van der Waals surface area contributed by atoms with Gasteiger partial charge in [-0.05, 0) is 61.0 Å². The third-order valence-corrected chi connectivity index (χ3v) is 5.72. The van der Waals surface area contributed by atoms with Crippen molar-refractivity contribution in [3.8, 4) is 11.5 Å². The van der Waals surface area contributed by atoms with Crippen molar-refractivity contribution in [2.45, 2.75) is 6.92 Å². The highest BCUT2D eigenvalue weighted by Crippen LogP contribution is 2.31. The molecule has 0 atom stereocenters. The minimum absolute atomic E-state index is 0.101. The number of anilines is 2. The highest BCUT2D eigenvalue weighted by molar-refractivity contribution is 6.05. The van der Waals surface area contributed by atoms with Gasteiger partial charge in [0.25, 0.3) is 11.6 Å². The third-order valence-electron chi connectivity index (χ3n) is 5.72. The second-order valence-corrected chi connectivity index (χ2v) is 8.08. The molecule has 1 aliphatic heterocycles. The number of ether oxygens (including phenoxy) is 1. The molecule has 0 unspecified atom stereocenters. The van der Waals surface area contributed by atoms with Crippen LogP contribution in [0, 0.1) is 17.0 Å². The van der Waals surface area contributed by atoms with Crippen LogP contribution in [0.25, 0.3) is 22.6 Å². The van der Waals surface area contributed by atoms with Crippen molar-refractivity contribution in [1.29, 1.82) is 0 Å². The molecule has 0 aliphatic carbocycles. The maximum absolute atomic E-state index is 12.8. The SMILES string of the molecule is Cc1ccc2oc(-c3ccc(NC(=O)c4ccc(N5CCOCC5)c([N+](=O)[O-])c4)cc3)nc2c1. The fourth-order valence-corrected chi connectivity index (χ4v) is 3.94. The van der Waals surface area contributed by atoms with Gasteiger partial charge in [-0.25, -0.2) is 4.98 Å². The molecule has 9 nitrogen and oxygen atoms in total. The lowest BCUT2D eigenvalue weighted by Crippen LogP contribution is -2.36. The maximum Gasteiger partial charge on any atom is 0.293 e. The van der Waals surface area contributed by atoms with Gasteiger partial charge in [-0.15, -0.1) is 0 Å². The second-order valence-electron chi connectivity index (χ2n) is 8.08. The number of aryl methyl sites for hydroxylation is 1. The molecule has 1 aromatic heterocycles. The van der Waals surface area contributed by atoms with Gasteiger partial charge in [0.05, 0.1) is 18.1 Å². The van der Waals surface area contributed by atoms with Crippen LogP contribution in [-0.2, 0) is 4.74 Å². The monoisotopic (exact) mass is 458 g/mol. The van der Waals surface area contributed by atoms with Crippen molar-refractivity contribution in [3.63, 3.8) is 0 Å². The summed E-state index contributed by atoms with van der Waals surface area (Å²) in [5.74, 6) is 0.0644. The Balaban J connectivity index is 1.33. The van der Waals surface area contributed by atoms with Crippen molar-refractivity contribution >= 4 is 34.1 Å². The summed E-state index contributed by atoms with van der Waals surface area (Å²) in [6.07, 6.45) is 0. The first-order valence-electron chi connectivity index (χ1n) is 10.9. The van der Waals surface area contributed by atoms with Crippen molar-refractivity contribution in [2.24, 2.45) is 0 Å². The lowest BCUT2D eigenvalue weighted by molar-refractivity contribution is -0.384. The number of nitrogens with zero attached hydrogens (tertiary/aromatic N) is 3. The molecule has 172 valence electrons. The number of morpholine rings is 1. The van der Waals surface area contributed by atoms with Crippen LogP contribution in [0.2, 0.25) is 0 Å². The number of oxazole rings is 1. The first-order chi connectivity index (χ1) is 16.5. The van der Waals surface area contributed by atoms with Gasteiger partial charge < -0.3 is 19.4 Å². The van der Waals surface area contributed by atoms with Crippen molar-refractivity contribution in [2.75, 3.05) is 36.5 Å². The van der Waals surface area contributed by atoms with E-state index in [0.29, 0.717) is 49.2 Å². The van der Waals surface area contributed by atoms with E-state index in [0.717, 1.165) is 16.6 Å². The maximum atomic E-state index is 12.8. The average Bonchev–Trinajstić information content (AvgIpc) is 3.28. The first-order valence-corrected chi connectivity index (χ1v) is 10.9. The number of rotatable bonds is 5. The fraction of sp³-hybridized carbons (Fsp3) is 0.200. The molecule has 1 N–H and O–H groups in total. The quantitative estimate of drug-likeness (QED) is 0.338. The zero-order valence-electron chi connectivity index (χ0n) is 18.5. The summed E-state index contributed by atoms with van der Waals surface area (Å²) >= 11 is 0. The largest absolute Gasteiger partial charge is 0.436 e. The highest BCUT2D eigenvalue weighted by Gasteiger charge is 2.23. The minimum Gasteiger partial charge on any atom is -0.436 e. The molecular formula is C25H22N4O5. The van der Waals surface area contributed by atoms with Gasteiger partial charge in [-0.2, -0.15) is 0 Å². The number of carbonyl (C=O) groups is 1. The van der Waals surface area contributed by atoms with Gasteiger partial charge >= 0.3 is 0 Å². The van der Waals surface area contributed by atoms with Gasteiger partial charge in [0.15, 0.2) is 5.58 Å². The van der Waals surface area contributed by atoms with E-state index >= 15 is 0 Å². The molecule has 0 radical (unpaired) electrons. The fourth-order valence-electron chi connectivity index (χ4n) is 3.94. The minimum atomic E-state index is -0.460. The third kappa shape index (κ3) is 4.33. The smallest absolute Gasteiger partial charge is 0.293 e. The Bertz CT molecular complexity index is 1370. The van der Waals surface area contributed by atoms with E-state index in [2.05, 4.69) is 10.3 Å². The molecule has 1 fully saturated rings. The Morgan fingerprint density at radius 3 is 2.56 bits per heavy atom. The Morgan fingerprint density at radius 1 is 1.06 bits per heavy atom. The number of fused-ring (bicyclic) bond motifs is 1. The number of hydrogen-bond acceptors (Lipinski definition) is 7. The summed E-state index contributed by atoms with van der Waals surface area (Å²) in [5, 5.41) is 14.4. The summed E-state index contributed by atoms with van der Waals surface area (Å²) in [6.45, 7) is 4.16. The number of nitro benzene ring substituents is 1. The zero-order chi connectivity index (χ0) is 23.7. The van der Waals surface area contributed by atoms with Crippen LogP contribution in [0.15, 0.2) is 65.1 Å². The lowest BCUT2D eigenvalue weighted by atomic mass is 10.1. The summed E-state index contributed by atoms with van der Waals surface area (Å²) in [7, 11) is 0. The molecule has 1 aliphatic rings. The molecule has 1 amide bonds. The van der Waals surface area contributed by atoms with Crippen LogP contribution < -0.4 is 10.2 Å². The summed E-state index contributed by atoms with van der Waals surface area (Å²) in [4.78, 5) is 30.4. The van der Waals surface area contributed by atoms with E-state index < -0.39 is 10.8 Å². The molecular weight excluding hydrogens is 436 g/mol. The molecule has 0 bridgehead atoms. The van der Waals surface area contributed by atoms with Crippen molar-refractivity contribution in [3.05, 3.63) is 81.9 Å². The van der Waals surface area contributed by atoms with Crippen molar-refractivity contribution < 1.29 is 18.9 Å². The molecule has 4 aromatic rings. The molecule has 34 heavy (non-hydrogen) atoms. The van der Waals surface area contributed by atoms with Crippen LogP contribution in [-0.4, -0.2) is 42.1 Å². The van der Waals surface area contributed by atoms with Crippen LogP contribution in [0.5, 0.6) is 0 Å². The standard InChI is InChI=1S/C25H22N4O5/c1-16-2-9-23-20(14-16)27-25(34-23)17-3-6-19(7-4-17)26-24(30)18-5-8-21(22(15-18)29(31)32)28-10-12-33-13-11-28/h2-9,14-15H,10-13H2,1H3,(H,26,30). The summed E-state index contributed by atoms with van der Waals surface area (Å²) in [6, 6.07) is 17.4. The number of nitro groups is 1. The van der Waals surface area contributed by atoms with Gasteiger partial charge in [0.1, 0.15) is 11.2 Å². The lowest BCUT2D eigenvalue weighted by Gasteiger charge is -2.28. The van der Waals surface area contributed by atoms with Crippen LogP contribution in [0.1, 0.15) is 15.9 Å². The topological polar surface area (TPSA) is 111 Å². The van der Waals surface area contributed by atoms with Gasteiger partial charge in [-0.1, -0.05) is 6.07 Å².